The molecule has 0 saturated heterocycles. The van der Waals surface area contributed by atoms with Crippen LogP contribution in [0.15, 0.2) is 12.1 Å². The predicted molar refractivity (Wildman–Crippen MR) is 83.6 cm³/mol. The molecule has 114 valence electrons. The van der Waals surface area contributed by atoms with Crippen molar-refractivity contribution in [1.29, 1.82) is 0 Å². The number of hydrogen-bond acceptors (Lipinski definition) is 2. The maximum absolute atomic E-state index is 8.65. The first-order valence-electron chi connectivity index (χ1n) is 7.47. The monoisotopic (exact) mass is 300 g/mol. The van der Waals surface area contributed by atoms with Crippen molar-refractivity contribution >= 4 is 11.6 Å². The standard InChI is InChI=1S/C16H26ClNO2/c1-13-11-15(12-14(2)16(13)17)20-10-6-4-3-5-7-18-8-9-19/h11-12,18-19H,3-10H2,1-2H3/p+1. The molecule has 0 aliphatic heterocycles. The maximum Gasteiger partial charge on any atom is 0.119 e. The van der Waals surface area contributed by atoms with Crippen molar-refractivity contribution < 1.29 is 15.2 Å². The summed E-state index contributed by atoms with van der Waals surface area (Å²) in [5.74, 6) is 0.917. The minimum Gasteiger partial charge on any atom is -0.494 e. The predicted octanol–water partition coefficient (Wildman–Crippen LogP) is 2.45. The molecule has 1 aromatic carbocycles. The molecule has 0 radical (unpaired) electrons. The Labute approximate surface area is 127 Å². The van der Waals surface area contributed by atoms with E-state index in [1.165, 1.54) is 19.3 Å². The van der Waals surface area contributed by atoms with Crippen LogP contribution < -0.4 is 10.1 Å². The van der Waals surface area contributed by atoms with Gasteiger partial charge < -0.3 is 15.2 Å². The van der Waals surface area contributed by atoms with Gasteiger partial charge in [0.1, 0.15) is 5.75 Å². The lowest BCUT2D eigenvalue weighted by atomic mass is 10.1. The maximum atomic E-state index is 8.65. The molecular weight excluding hydrogens is 274 g/mol. The van der Waals surface area contributed by atoms with Gasteiger partial charge in [0.2, 0.25) is 0 Å². The summed E-state index contributed by atoms with van der Waals surface area (Å²) < 4.78 is 5.77. The van der Waals surface area contributed by atoms with Crippen molar-refractivity contribution in [3.05, 3.63) is 28.3 Å². The SMILES string of the molecule is Cc1cc(OCCCCCC[NH2+]CCO)cc(C)c1Cl. The molecule has 0 saturated carbocycles. The van der Waals surface area contributed by atoms with Crippen LogP contribution in [0.3, 0.4) is 0 Å². The van der Waals surface area contributed by atoms with Gasteiger partial charge in [0.25, 0.3) is 0 Å². The van der Waals surface area contributed by atoms with E-state index in [2.05, 4.69) is 5.32 Å². The zero-order chi connectivity index (χ0) is 14.8. The van der Waals surface area contributed by atoms with Gasteiger partial charge in [-0.2, -0.15) is 0 Å². The topological polar surface area (TPSA) is 46.1 Å². The van der Waals surface area contributed by atoms with E-state index in [-0.39, 0.29) is 6.61 Å². The van der Waals surface area contributed by atoms with E-state index in [0.29, 0.717) is 0 Å². The number of hydrogen-bond donors (Lipinski definition) is 2. The fourth-order valence-electron chi connectivity index (χ4n) is 2.16. The molecule has 0 unspecified atom stereocenters. The van der Waals surface area contributed by atoms with E-state index >= 15 is 0 Å². The Morgan fingerprint density at radius 3 is 2.35 bits per heavy atom. The van der Waals surface area contributed by atoms with E-state index in [4.69, 9.17) is 21.4 Å². The molecule has 0 aliphatic rings. The molecule has 3 nitrogen and oxygen atoms in total. The van der Waals surface area contributed by atoms with Gasteiger partial charge >= 0.3 is 0 Å². The summed E-state index contributed by atoms with van der Waals surface area (Å²) in [5.41, 5.74) is 2.14. The highest BCUT2D eigenvalue weighted by Crippen LogP contribution is 2.25. The van der Waals surface area contributed by atoms with Crippen molar-refractivity contribution in [3.63, 3.8) is 0 Å². The molecule has 1 rings (SSSR count). The molecule has 20 heavy (non-hydrogen) atoms. The number of halogens is 1. The molecule has 1 aromatic rings. The first-order chi connectivity index (χ1) is 9.65. The highest BCUT2D eigenvalue weighted by molar-refractivity contribution is 6.32. The zero-order valence-corrected chi connectivity index (χ0v) is 13.4. The summed E-state index contributed by atoms with van der Waals surface area (Å²) in [7, 11) is 0. The minimum atomic E-state index is 0.272. The molecule has 4 heteroatoms. The number of quaternary nitrogens is 1. The van der Waals surface area contributed by atoms with Crippen LogP contribution in [0.25, 0.3) is 0 Å². The van der Waals surface area contributed by atoms with Gasteiger partial charge in [-0.1, -0.05) is 11.6 Å². The molecule has 0 aliphatic carbocycles. The average Bonchev–Trinajstić information content (AvgIpc) is 2.43. The Hall–Kier alpha value is -0.770. The highest BCUT2D eigenvalue weighted by Gasteiger charge is 2.03. The van der Waals surface area contributed by atoms with E-state index in [1.807, 2.05) is 26.0 Å². The number of ether oxygens (including phenoxy) is 1. The van der Waals surface area contributed by atoms with E-state index in [9.17, 15) is 0 Å². The Morgan fingerprint density at radius 2 is 1.70 bits per heavy atom. The Bertz CT molecular complexity index is 373. The molecule has 0 bridgehead atoms. The second-order valence-electron chi connectivity index (χ2n) is 5.22. The fraction of sp³-hybridized carbons (Fsp3) is 0.625. The van der Waals surface area contributed by atoms with Gasteiger partial charge in [-0.15, -0.1) is 0 Å². The summed E-state index contributed by atoms with van der Waals surface area (Å²) in [6, 6.07) is 4.00. The van der Waals surface area contributed by atoms with Gasteiger partial charge in [0.05, 0.1) is 26.3 Å². The first kappa shape index (κ1) is 17.3. The lowest BCUT2D eigenvalue weighted by molar-refractivity contribution is -0.656. The normalized spacial score (nSPS) is 10.8. The van der Waals surface area contributed by atoms with Crippen molar-refractivity contribution in [2.24, 2.45) is 0 Å². The fourth-order valence-corrected chi connectivity index (χ4v) is 2.27. The second-order valence-corrected chi connectivity index (χ2v) is 5.60. The summed E-state index contributed by atoms with van der Waals surface area (Å²) in [4.78, 5) is 0. The molecule has 3 N–H and O–H groups in total. The van der Waals surface area contributed by atoms with Crippen LogP contribution in [0.1, 0.15) is 36.8 Å². The minimum absolute atomic E-state index is 0.272. The third kappa shape index (κ3) is 6.60. The van der Waals surface area contributed by atoms with Crippen LogP contribution in [0.4, 0.5) is 0 Å². The summed E-state index contributed by atoms with van der Waals surface area (Å²) >= 11 is 6.13. The number of benzene rings is 1. The number of nitrogens with two attached hydrogens (primary N) is 1. The average molecular weight is 301 g/mol. The summed E-state index contributed by atoms with van der Waals surface area (Å²) in [6.07, 6.45) is 4.71. The highest BCUT2D eigenvalue weighted by atomic mass is 35.5. The lowest BCUT2D eigenvalue weighted by Gasteiger charge is -2.10. The number of unbranched alkanes of at least 4 members (excludes halogenated alkanes) is 3. The molecule has 0 spiro atoms. The molecule has 0 atom stereocenters. The summed E-state index contributed by atoms with van der Waals surface area (Å²) in [6.45, 7) is 6.97. The van der Waals surface area contributed by atoms with Crippen LogP contribution in [-0.4, -0.2) is 31.4 Å². The van der Waals surface area contributed by atoms with Gasteiger partial charge in [-0.3, -0.25) is 0 Å². The molecule has 0 aromatic heterocycles. The van der Waals surface area contributed by atoms with Gasteiger partial charge in [-0.05, 0) is 62.8 Å². The zero-order valence-electron chi connectivity index (χ0n) is 12.6. The second kappa shape index (κ2) is 10.0. The van der Waals surface area contributed by atoms with Crippen molar-refractivity contribution in [2.75, 3.05) is 26.3 Å². The third-order valence-corrected chi connectivity index (χ3v) is 3.91. The smallest absolute Gasteiger partial charge is 0.119 e. The molecular formula is C16H27ClNO2+. The van der Waals surface area contributed by atoms with Gasteiger partial charge in [0, 0.05) is 5.02 Å². The van der Waals surface area contributed by atoms with Crippen LogP contribution >= 0.6 is 11.6 Å². The van der Waals surface area contributed by atoms with Crippen molar-refractivity contribution in [2.45, 2.75) is 39.5 Å². The molecule has 0 fully saturated rings. The number of aliphatic hydroxyl groups is 1. The number of aryl methyl sites for hydroxylation is 2. The van der Waals surface area contributed by atoms with Crippen LogP contribution in [0.2, 0.25) is 5.02 Å². The third-order valence-electron chi connectivity index (χ3n) is 3.31. The van der Waals surface area contributed by atoms with E-state index < -0.39 is 0 Å². The van der Waals surface area contributed by atoms with E-state index in [1.54, 1.807) is 0 Å². The number of rotatable bonds is 10. The van der Waals surface area contributed by atoms with E-state index in [0.717, 1.165) is 48.0 Å². The first-order valence-corrected chi connectivity index (χ1v) is 7.85. The van der Waals surface area contributed by atoms with Crippen LogP contribution in [0.5, 0.6) is 5.75 Å². The van der Waals surface area contributed by atoms with Crippen LogP contribution in [0, 0.1) is 13.8 Å². The van der Waals surface area contributed by atoms with Crippen LogP contribution in [-0.2, 0) is 0 Å². The molecule has 0 heterocycles. The Balaban J connectivity index is 2.10. The van der Waals surface area contributed by atoms with Gasteiger partial charge in [-0.25, -0.2) is 0 Å². The van der Waals surface area contributed by atoms with Crippen molar-refractivity contribution in [1.82, 2.24) is 0 Å². The largest absolute Gasteiger partial charge is 0.494 e. The number of aliphatic hydroxyl groups excluding tert-OH is 1. The Kier molecular flexibility index (Phi) is 8.67. The summed E-state index contributed by atoms with van der Waals surface area (Å²) in [5, 5.41) is 11.6. The van der Waals surface area contributed by atoms with Gasteiger partial charge in [0.15, 0.2) is 0 Å². The van der Waals surface area contributed by atoms with Crippen molar-refractivity contribution in [3.8, 4) is 5.75 Å². The molecule has 0 amide bonds. The Morgan fingerprint density at radius 1 is 1.05 bits per heavy atom. The lowest BCUT2D eigenvalue weighted by Crippen LogP contribution is -2.85. The quantitative estimate of drug-likeness (QED) is 0.652.